The van der Waals surface area contributed by atoms with Crippen LogP contribution in [0.5, 0.6) is 0 Å². The maximum atomic E-state index is 4.59. The molecule has 6 nitrogen and oxygen atoms in total. The van der Waals surface area contributed by atoms with Gasteiger partial charge in [0.1, 0.15) is 5.82 Å². The first kappa shape index (κ1) is 14.1. The molecule has 1 fully saturated rings. The van der Waals surface area contributed by atoms with Gasteiger partial charge in [0.2, 0.25) is 0 Å². The van der Waals surface area contributed by atoms with Gasteiger partial charge in [-0.2, -0.15) is 0 Å². The van der Waals surface area contributed by atoms with Gasteiger partial charge >= 0.3 is 0 Å². The largest absolute Gasteiger partial charge is 0.372 e. The Bertz CT molecular complexity index is 585. The molecule has 3 rings (SSSR count). The van der Waals surface area contributed by atoms with Crippen LogP contribution in [0.2, 0.25) is 0 Å². The van der Waals surface area contributed by atoms with Crippen molar-refractivity contribution in [1.29, 1.82) is 0 Å². The van der Waals surface area contributed by atoms with Gasteiger partial charge in [-0.1, -0.05) is 6.92 Å². The molecule has 1 aliphatic rings. The maximum Gasteiger partial charge on any atom is 0.180 e. The lowest BCUT2D eigenvalue weighted by Crippen LogP contribution is -2.35. The molecule has 3 heterocycles. The molecule has 0 bridgehead atoms. The molecular weight excluding hydrogens is 264 g/mol. The molecule has 114 valence electrons. The third-order valence-corrected chi connectivity index (χ3v) is 4.34. The molecule has 2 aromatic heterocycles. The molecule has 21 heavy (non-hydrogen) atoms. The maximum absolute atomic E-state index is 4.59. The summed E-state index contributed by atoms with van der Waals surface area (Å²) in [6.07, 6.45) is 8.23. The standard InChI is InChI=1S/C15H24N6/c1-3-20-7-4-12(5-8-20)10-18-14-15-17-6-9-21(15)11-13(16-2)19-14/h6,9,11-12,16H,3-5,7-8,10H2,1-2H3,(H,18,19). The van der Waals surface area contributed by atoms with E-state index in [-0.39, 0.29) is 0 Å². The minimum Gasteiger partial charge on any atom is -0.372 e. The van der Waals surface area contributed by atoms with E-state index in [1.807, 2.05) is 23.8 Å². The monoisotopic (exact) mass is 288 g/mol. The van der Waals surface area contributed by atoms with E-state index < -0.39 is 0 Å². The second-order valence-corrected chi connectivity index (χ2v) is 5.64. The van der Waals surface area contributed by atoms with Crippen molar-refractivity contribution >= 4 is 17.3 Å². The first-order valence-corrected chi connectivity index (χ1v) is 7.78. The minimum absolute atomic E-state index is 0.725. The van der Waals surface area contributed by atoms with Gasteiger partial charge in [0, 0.05) is 26.0 Å². The van der Waals surface area contributed by atoms with Crippen molar-refractivity contribution in [2.45, 2.75) is 19.8 Å². The molecule has 2 aromatic rings. The van der Waals surface area contributed by atoms with Gasteiger partial charge in [0.25, 0.3) is 0 Å². The number of rotatable bonds is 5. The van der Waals surface area contributed by atoms with Gasteiger partial charge in [-0.15, -0.1) is 0 Å². The van der Waals surface area contributed by atoms with E-state index in [4.69, 9.17) is 0 Å². The summed E-state index contributed by atoms with van der Waals surface area (Å²) in [5.74, 6) is 2.44. The van der Waals surface area contributed by atoms with Crippen molar-refractivity contribution in [2.24, 2.45) is 5.92 Å². The van der Waals surface area contributed by atoms with Crippen molar-refractivity contribution in [3.8, 4) is 0 Å². The zero-order chi connectivity index (χ0) is 14.7. The van der Waals surface area contributed by atoms with Crippen LogP contribution in [0.1, 0.15) is 19.8 Å². The van der Waals surface area contributed by atoms with Gasteiger partial charge < -0.3 is 19.9 Å². The number of aromatic nitrogens is 3. The molecule has 0 saturated carbocycles. The molecule has 0 unspecified atom stereocenters. The molecule has 0 amide bonds. The number of nitrogens with one attached hydrogen (secondary N) is 2. The van der Waals surface area contributed by atoms with Crippen LogP contribution in [0.3, 0.4) is 0 Å². The van der Waals surface area contributed by atoms with Crippen LogP contribution in [0.25, 0.3) is 5.65 Å². The number of piperidine rings is 1. The highest BCUT2D eigenvalue weighted by Crippen LogP contribution is 2.20. The van der Waals surface area contributed by atoms with Crippen LogP contribution < -0.4 is 10.6 Å². The van der Waals surface area contributed by atoms with Gasteiger partial charge in [-0.05, 0) is 38.4 Å². The highest BCUT2D eigenvalue weighted by atomic mass is 15.1. The van der Waals surface area contributed by atoms with E-state index in [9.17, 15) is 0 Å². The fourth-order valence-corrected chi connectivity index (χ4v) is 2.92. The molecule has 1 saturated heterocycles. The summed E-state index contributed by atoms with van der Waals surface area (Å²) in [7, 11) is 1.88. The van der Waals surface area contributed by atoms with E-state index in [1.54, 1.807) is 6.20 Å². The normalized spacial score (nSPS) is 17.2. The highest BCUT2D eigenvalue weighted by molar-refractivity contribution is 5.65. The fourth-order valence-electron chi connectivity index (χ4n) is 2.92. The number of likely N-dealkylation sites (tertiary alicyclic amines) is 1. The number of fused-ring (bicyclic) bond motifs is 1. The lowest BCUT2D eigenvalue weighted by atomic mass is 9.97. The second kappa shape index (κ2) is 6.30. The molecule has 0 aliphatic carbocycles. The first-order chi connectivity index (χ1) is 10.3. The Balaban J connectivity index is 1.66. The molecule has 2 N–H and O–H groups in total. The minimum atomic E-state index is 0.725. The van der Waals surface area contributed by atoms with Crippen LogP contribution >= 0.6 is 0 Å². The van der Waals surface area contributed by atoms with E-state index in [0.717, 1.165) is 29.7 Å². The number of nitrogens with zero attached hydrogens (tertiary/aromatic N) is 4. The summed E-state index contributed by atoms with van der Waals surface area (Å²) < 4.78 is 2.00. The summed E-state index contributed by atoms with van der Waals surface area (Å²) >= 11 is 0. The Hall–Kier alpha value is -1.82. The van der Waals surface area contributed by atoms with E-state index >= 15 is 0 Å². The smallest absolute Gasteiger partial charge is 0.180 e. The van der Waals surface area contributed by atoms with Crippen LogP contribution in [-0.2, 0) is 0 Å². The third-order valence-electron chi connectivity index (χ3n) is 4.34. The Morgan fingerprint density at radius 3 is 2.86 bits per heavy atom. The number of imidazole rings is 1. The molecule has 0 spiro atoms. The van der Waals surface area contributed by atoms with Crippen molar-refractivity contribution in [3.05, 3.63) is 18.6 Å². The van der Waals surface area contributed by atoms with Gasteiger partial charge in [-0.25, -0.2) is 9.97 Å². The number of hydrogen-bond donors (Lipinski definition) is 2. The number of anilines is 2. The second-order valence-electron chi connectivity index (χ2n) is 5.64. The van der Waals surface area contributed by atoms with E-state index in [0.29, 0.717) is 0 Å². The SMILES string of the molecule is CCN1CCC(CNc2nc(NC)cn3ccnc23)CC1. The van der Waals surface area contributed by atoms with Crippen LogP contribution in [0.4, 0.5) is 11.6 Å². The Morgan fingerprint density at radius 2 is 2.14 bits per heavy atom. The zero-order valence-corrected chi connectivity index (χ0v) is 12.8. The topological polar surface area (TPSA) is 57.5 Å². The van der Waals surface area contributed by atoms with E-state index in [2.05, 4.69) is 32.4 Å². The Kier molecular flexibility index (Phi) is 4.24. The average molecular weight is 288 g/mol. The first-order valence-electron chi connectivity index (χ1n) is 7.78. The van der Waals surface area contributed by atoms with Crippen LogP contribution in [0, 0.1) is 5.92 Å². The lowest BCUT2D eigenvalue weighted by molar-refractivity contribution is 0.198. The summed E-state index contributed by atoms with van der Waals surface area (Å²) in [4.78, 5) is 11.5. The van der Waals surface area contributed by atoms with Crippen molar-refractivity contribution < 1.29 is 0 Å². The molecule has 0 atom stereocenters. The summed E-state index contributed by atoms with van der Waals surface area (Å²) in [6, 6.07) is 0. The highest BCUT2D eigenvalue weighted by Gasteiger charge is 2.18. The molecule has 0 aromatic carbocycles. The number of hydrogen-bond acceptors (Lipinski definition) is 5. The fraction of sp³-hybridized carbons (Fsp3) is 0.600. The van der Waals surface area contributed by atoms with Crippen LogP contribution in [0.15, 0.2) is 18.6 Å². The Labute approximate surface area is 125 Å². The summed E-state index contributed by atoms with van der Waals surface area (Å²) in [6.45, 7) is 6.80. The van der Waals surface area contributed by atoms with Crippen molar-refractivity contribution in [3.63, 3.8) is 0 Å². The average Bonchev–Trinajstić information content (AvgIpc) is 3.01. The van der Waals surface area contributed by atoms with Crippen molar-refractivity contribution in [2.75, 3.05) is 43.9 Å². The van der Waals surface area contributed by atoms with Crippen LogP contribution in [-0.4, -0.2) is 52.5 Å². The zero-order valence-electron chi connectivity index (χ0n) is 12.8. The predicted molar refractivity (Wildman–Crippen MR) is 85.9 cm³/mol. The molecule has 0 radical (unpaired) electrons. The molecular formula is C15H24N6. The summed E-state index contributed by atoms with van der Waals surface area (Å²) in [5, 5.41) is 6.59. The molecule has 6 heteroatoms. The third kappa shape index (κ3) is 3.10. The van der Waals surface area contributed by atoms with Gasteiger partial charge in [0.05, 0.1) is 6.20 Å². The van der Waals surface area contributed by atoms with Gasteiger partial charge in [-0.3, -0.25) is 0 Å². The predicted octanol–water partition coefficient (Wildman–Crippen LogP) is 1.91. The summed E-state index contributed by atoms with van der Waals surface area (Å²) in [5.41, 5.74) is 0.889. The van der Waals surface area contributed by atoms with E-state index in [1.165, 1.54) is 32.5 Å². The van der Waals surface area contributed by atoms with Crippen molar-refractivity contribution in [1.82, 2.24) is 19.3 Å². The Morgan fingerprint density at radius 1 is 1.33 bits per heavy atom. The lowest BCUT2D eigenvalue weighted by Gasteiger charge is -2.31. The molecule has 1 aliphatic heterocycles. The quantitative estimate of drug-likeness (QED) is 0.880. The van der Waals surface area contributed by atoms with Gasteiger partial charge in [0.15, 0.2) is 11.5 Å².